The molecule has 0 fully saturated rings. The summed E-state index contributed by atoms with van der Waals surface area (Å²) in [5.41, 5.74) is 0. The second-order valence-electron chi connectivity index (χ2n) is 3.54. The molecule has 0 amide bonds. The Morgan fingerprint density at radius 2 is 2.29 bits per heavy atom. The first-order valence-electron chi connectivity index (χ1n) is 5.38. The smallest absolute Gasteiger partial charge is 0.141 e. The van der Waals surface area contributed by atoms with E-state index in [1.807, 2.05) is 4.68 Å². The highest BCUT2D eigenvalue weighted by Crippen LogP contribution is 2.12. The summed E-state index contributed by atoms with van der Waals surface area (Å²) in [6, 6.07) is 0.455. The summed E-state index contributed by atoms with van der Waals surface area (Å²) in [4.78, 5) is 4.25. The van der Waals surface area contributed by atoms with E-state index >= 15 is 0 Å². The Labute approximate surface area is 85.7 Å². The molecule has 1 aromatic heterocycles. The summed E-state index contributed by atoms with van der Waals surface area (Å²) < 4.78 is 2.02. The van der Waals surface area contributed by atoms with Crippen molar-refractivity contribution in [3.05, 3.63) is 12.2 Å². The van der Waals surface area contributed by atoms with E-state index in [0.717, 1.165) is 25.3 Å². The Balaban J connectivity index is 2.61. The van der Waals surface area contributed by atoms with Crippen molar-refractivity contribution in [1.82, 2.24) is 20.1 Å². The van der Waals surface area contributed by atoms with Gasteiger partial charge in [-0.1, -0.05) is 20.3 Å². The Hall–Kier alpha value is -0.900. The van der Waals surface area contributed by atoms with E-state index in [1.165, 1.54) is 6.42 Å². The van der Waals surface area contributed by atoms with Crippen molar-refractivity contribution < 1.29 is 0 Å². The fourth-order valence-electron chi connectivity index (χ4n) is 1.55. The molecule has 0 saturated heterocycles. The van der Waals surface area contributed by atoms with E-state index in [2.05, 4.69) is 36.2 Å². The van der Waals surface area contributed by atoms with Gasteiger partial charge in [0.15, 0.2) is 0 Å². The molecule has 1 unspecified atom stereocenters. The van der Waals surface area contributed by atoms with Crippen molar-refractivity contribution >= 4 is 0 Å². The summed E-state index contributed by atoms with van der Waals surface area (Å²) in [6.45, 7) is 8.25. The van der Waals surface area contributed by atoms with Crippen LogP contribution in [0.1, 0.15) is 45.5 Å². The molecule has 0 radical (unpaired) electrons. The molecule has 0 aliphatic rings. The number of nitrogens with one attached hydrogen (secondary N) is 1. The van der Waals surface area contributed by atoms with Gasteiger partial charge >= 0.3 is 0 Å². The lowest BCUT2D eigenvalue weighted by Crippen LogP contribution is -2.18. The van der Waals surface area contributed by atoms with Crippen molar-refractivity contribution in [2.24, 2.45) is 0 Å². The van der Waals surface area contributed by atoms with E-state index in [1.54, 1.807) is 6.33 Å². The van der Waals surface area contributed by atoms with Gasteiger partial charge in [-0.25, -0.2) is 9.67 Å². The number of hydrogen-bond acceptors (Lipinski definition) is 3. The van der Waals surface area contributed by atoms with Crippen molar-refractivity contribution in [2.45, 2.75) is 46.2 Å². The lowest BCUT2D eigenvalue weighted by Gasteiger charge is -2.13. The molecule has 14 heavy (non-hydrogen) atoms. The average molecular weight is 196 g/mol. The molecule has 0 aromatic carbocycles. The Bertz CT molecular complexity index is 256. The third-order valence-corrected chi connectivity index (χ3v) is 2.30. The summed E-state index contributed by atoms with van der Waals surface area (Å²) in [5.74, 6) is 1.04. The van der Waals surface area contributed by atoms with Crippen LogP contribution in [-0.4, -0.2) is 21.3 Å². The zero-order chi connectivity index (χ0) is 10.4. The molecule has 0 saturated carbocycles. The van der Waals surface area contributed by atoms with Crippen molar-refractivity contribution in [2.75, 3.05) is 6.54 Å². The standard InChI is InChI=1S/C10H20N4/c1-4-6-9(3)14-10(7-11-5-2)12-8-13-14/h8-9,11H,4-7H2,1-3H3. The maximum atomic E-state index is 4.25. The molecule has 1 heterocycles. The maximum absolute atomic E-state index is 4.25. The molecule has 1 atom stereocenters. The molecule has 4 nitrogen and oxygen atoms in total. The van der Waals surface area contributed by atoms with Gasteiger partial charge in [0.2, 0.25) is 0 Å². The molecule has 0 aliphatic heterocycles. The quantitative estimate of drug-likeness (QED) is 0.753. The molecule has 0 spiro atoms. The van der Waals surface area contributed by atoms with Crippen LogP contribution in [0.15, 0.2) is 6.33 Å². The minimum absolute atomic E-state index is 0.455. The van der Waals surface area contributed by atoms with Crippen LogP contribution in [0.3, 0.4) is 0 Å². The topological polar surface area (TPSA) is 42.7 Å². The lowest BCUT2D eigenvalue weighted by atomic mass is 10.2. The van der Waals surface area contributed by atoms with Crippen LogP contribution in [0.25, 0.3) is 0 Å². The molecular weight excluding hydrogens is 176 g/mol. The van der Waals surface area contributed by atoms with Crippen LogP contribution in [0.5, 0.6) is 0 Å². The van der Waals surface area contributed by atoms with Gasteiger partial charge in [-0.2, -0.15) is 5.10 Å². The van der Waals surface area contributed by atoms with Crippen LogP contribution in [0.4, 0.5) is 0 Å². The molecule has 80 valence electrons. The van der Waals surface area contributed by atoms with Gasteiger partial charge in [0.05, 0.1) is 12.6 Å². The van der Waals surface area contributed by atoms with E-state index in [0.29, 0.717) is 6.04 Å². The van der Waals surface area contributed by atoms with E-state index in [-0.39, 0.29) is 0 Å². The predicted octanol–water partition coefficient (Wildman–Crippen LogP) is 1.75. The van der Waals surface area contributed by atoms with Gasteiger partial charge < -0.3 is 5.32 Å². The van der Waals surface area contributed by atoms with E-state index in [4.69, 9.17) is 0 Å². The first-order chi connectivity index (χ1) is 6.79. The van der Waals surface area contributed by atoms with Crippen molar-refractivity contribution in [3.8, 4) is 0 Å². The minimum Gasteiger partial charge on any atom is -0.310 e. The third-order valence-electron chi connectivity index (χ3n) is 2.30. The number of nitrogens with zero attached hydrogens (tertiary/aromatic N) is 3. The molecule has 4 heteroatoms. The number of aromatic nitrogens is 3. The van der Waals surface area contributed by atoms with Gasteiger partial charge in [0.25, 0.3) is 0 Å². The van der Waals surface area contributed by atoms with Crippen LogP contribution >= 0.6 is 0 Å². The largest absolute Gasteiger partial charge is 0.310 e. The second kappa shape index (κ2) is 5.75. The predicted molar refractivity (Wildman–Crippen MR) is 57.0 cm³/mol. The molecular formula is C10H20N4. The van der Waals surface area contributed by atoms with Gasteiger partial charge in [-0.15, -0.1) is 0 Å². The fraction of sp³-hybridized carbons (Fsp3) is 0.800. The van der Waals surface area contributed by atoms with Crippen LogP contribution in [0, 0.1) is 0 Å². The average Bonchev–Trinajstić information content (AvgIpc) is 2.63. The van der Waals surface area contributed by atoms with Crippen LogP contribution < -0.4 is 5.32 Å². The Morgan fingerprint density at radius 1 is 1.50 bits per heavy atom. The summed E-state index contributed by atoms with van der Waals surface area (Å²) in [7, 11) is 0. The third kappa shape index (κ3) is 2.80. The van der Waals surface area contributed by atoms with Gasteiger partial charge in [-0.3, -0.25) is 0 Å². The zero-order valence-electron chi connectivity index (χ0n) is 9.32. The highest BCUT2D eigenvalue weighted by atomic mass is 15.4. The Morgan fingerprint density at radius 3 is 2.93 bits per heavy atom. The van der Waals surface area contributed by atoms with Gasteiger partial charge in [0, 0.05) is 0 Å². The molecule has 0 aliphatic carbocycles. The maximum Gasteiger partial charge on any atom is 0.141 e. The van der Waals surface area contributed by atoms with Crippen molar-refractivity contribution in [3.63, 3.8) is 0 Å². The zero-order valence-corrected chi connectivity index (χ0v) is 9.32. The minimum atomic E-state index is 0.455. The molecule has 1 aromatic rings. The number of rotatable bonds is 6. The van der Waals surface area contributed by atoms with Crippen LogP contribution in [-0.2, 0) is 6.54 Å². The summed E-state index contributed by atoms with van der Waals surface area (Å²) in [6.07, 6.45) is 3.98. The summed E-state index contributed by atoms with van der Waals surface area (Å²) in [5, 5.41) is 7.52. The first kappa shape index (κ1) is 11.2. The van der Waals surface area contributed by atoms with E-state index < -0.39 is 0 Å². The van der Waals surface area contributed by atoms with Crippen molar-refractivity contribution in [1.29, 1.82) is 0 Å². The summed E-state index contributed by atoms with van der Waals surface area (Å²) >= 11 is 0. The normalized spacial score (nSPS) is 13.1. The number of hydrogen-bond donors (Lipinski definition) is 1. The van der Waals surface area contributed by atoms with Gasteiger partial charge in [-0.05, 0) is 19.9 Å². The second-order valence-corrected chi connectivity index (χ2v) is 3.54. The Kier molecular flexibility index (Phi) is 4.59. The monoisotopic (exact) mass is 196 g/mol. The highest BCUT2D eigenvalue weighted by molar-refractivity contribution is 4.86. The van der Waals surface area contributed by atoms with Gasteiger partial charge in [0.1, 0.15) is 12.2 Å². The SMILES string of the molecule is CCCC(C)n1ncnc1CNCC. The first-order valence-corrected chi connectivity index (χ1v) is 5.38. The van der Waals surface area contributed by atoms with Crippen LogP contribution in [0.2, 0.25) is 0 Å². The molecule has 1 N–H and O–H groups in total. The lowest BCUT2D eigenvalue weighted by molar-refractivity contribution is 0.430. The van der Waals surface area contributed by atoms with E-state index in [9.17, 15) is 0 Å². The molecule has 0 bridgehead atoms. The highest BCUT2D eigenvalue weighted by Gasteiger charge is 2.09. The molecule has 1 rings (SSSR count). The fourth-order valence-corrected chi connectivity index (χ4v) is 1.55.